The number of para-hydroxylation sites is 1. The lowest BCUT2D eigenvalue weighted by Gasteiger charge is -2.23. The number of hydrogen-bond donors (Lipinski definition) is 0. The highest BCUT2D eigenvalue weighted by molar-refractivity contribution is 7.32. The molecule has 0 aliphatic rings. The maximum absolute atomic E-state index is 14.8. The van der Waals surface area contributed by atoms with E-state index >= 15 is 0 Å². The second-order valence-electron chi connectivity index (χ2n) is 22.1. The Balaban J connectivity index is 1.50. The van der Waals surface area contributed by atoms with Gasteiger partial charge in [-0.3, -0.25) is 0 Å². The second kappa shape index (κ2) is 16.2. The van der Waals surface area contributed by atoms with Gasteiger partial charge in [0.05, 0.1) is 0 Å². The van der Waals surface area contributed by atoms with E-state index < -0.39 is 22.4 Å². The van der Waals surface area contributed by atoms with Gasteiger partial charge in [-0.05, 0) is 134 Å². The predicted molar refractivity (Wildman–Crippen MR) is 269 cm³/mol. The van der Waals surface area contributed by atoms with Gasteiger partial charge in [0, 0.05) is 43.8 Å². The first-order valence-corrected chi connectivity index (χ1v) is 24.6. The van der Waals surface area contributed by atoms with E-state index in [1.807, 2.05) is 6.07 Å². The van der Waals surface area contributed by atoms with Gasteiger partial charge in [-0.25, -0.2) is 4.79 Å². The molecule has 5 aromatic carbocycles. The largest absolute Gasteiger partial charge is 0.455 e. The summed E-state index contributed by atoms with van der Waals surface area (Å²) in [6.45, 7) is 43.4. The molecule has 0 spiro atoms. The van der Waals surface area contributed by atoms with Crippen molar-refractivity contribution in [2.45, 2.75) is 160 Å². The number of carbonyl (C=O) groups excluding carboxylic acids is 1. The van der Waals surface area contributed by atoms with Crippen LogP contribution in [0, 0.1) is 55.4 Å². The van der Waals surface area contributed by atoms with Gasteiger partial charge in [-0.2, -0.15) is 0 Å². The van der Waals surface area contributed by atoms with E-state index in [1.165, 1.54) is 11.1 Å². The smallest absolute Gasteiger partial charge is 0.390 e. The molecule has 2 aromatic heterocycles. The molecular weight excluding hydrogens is 835 g/mol. The molecule has 2 heterocycles. The Morgan fingerprint density at radius 1 is 0.438 bits per heavy atom. The summed E-state index contributed by atoms with van der Waals surface area (Å²) in [6, 6.07) is 15.9. The quantitative estimate of drug-likeness (QED) is 0.174. The number of hydrogen-bond acceptors (Lipinski definition) is 7. The second-order valence-corrected chi connectivity index (χ2v) is 24.0. The summed E-state index contributed by atoms with van der Waals surface area (Å²) in [7, 11) is -4.49. The van der Waals surface area contributed by atoms with Gasteiger partial charge in [0.25, 0.3) is 0 Å². The molecular formula is C55H68O7P2. The van der Waals surface area contributed by atoms with Crippen LogP contribution >= 0.6 is 16.5 Å². The monoisotopic (exact) mass is 902 g/mol. The van der Waals surface area contributed by atoms with Crippen molar-refractivity contribution in [3.8, 4) is 5.75 Å². The molecule has 0 bridgehead atoms. The average Bonchev–Trinajstić information content (AvgIpc) is 3.44. The van der Waals surface area contributed by atoms with E-state index in [-0.39, 0.29) is 33.0 Å². The molecule has 0 atom stereocenters. The lowest BCUT2D eigenvalue weighted by atomic mass is 9.81. The third kappa shape index (κ3) is 8.44. The zero-order valence-corrected chi connectivity index (χ0v) is 43.7. The maximum atomic E-state index is 14.8. The Bertz CT molecular complexity index is 2960. The van der Waals surface area contributed by atoms with Crippen LogP contribution in [-0.4, -0.2) is 5.97 Å². The van der Waals surface area contributed by atoms with Gasteiger partial charge in [-0.1, -0.05) is 119 Å². The molecule has 0 aliphatic heterocycles. The predicted octanol–water partition coefficient (Wildman–Crippen LogP) is 17.7. The lowest BCUT2D eigenvalue weighted by molar-refractivity contribution is 0.0790. The van der Waals surface area contributed by atoms with Crippen LogP contribution in [0.1, 0.15) is 160 Å². The van der Waals surface area contributed by atoms with Crippen LogP contribution in [0.3, 0.4) is 0 Å². The minimum atomic E-state index is -2.32. The Hall–Kier alpha value is -4.83. The first-order chi connectivity index (χ1) is 29.5. The number of carbonyl (C=O) groups is 1. The fourth-order valence-electron chi connectivity index (χ4n) is 8.70. The van der Waals surface area contributed by atoms with Crippen molar-refractivity contribution in [3.05, 3.63) is 121 Å². The van der Waals surface area contributed by atoms with Crippen molar-refractivity contribution < 1.29 is 30.6 Å². The normalized spacial score (nSPS) is 12.8. The van der Waals surface area contributed by atoms with Crippen molar-refractivity contribution >= 4 is 66.3 Å². The van der Waals surface area contributed by atoms with E-state index in [4.69, 9.17) is 25.8 Å². The summed E-state index contributed by atoms with van der Waals surface area (Å²) in [6.07, 6.45) is 0. The van der Waals surface area contributed by atoms with Crippen molar-refractivity contribution in [2.24, 2.45) is 0 Å². The van der Waals surface area contributed by atoms with Gasteiger partial charge in [0.15, 0.2) is 5.75 Å². The molecule has 7 rings (SSSR count). The lowest BCUT2D eigenvalue weighted by Crippen LogP contribution is -2.13. The first kappa shape index (κ1) is 47.1. The van der Waals surface area contributed by atoms with E-state index in [1.54, 1.807) is 18.2 Å². The van der Waals surface area contributed by atoms with E-state index in [2.05, 4.69) is 163 Å². The molecule has 7 nitrogen and oxygen atoms in total. The van der Waals surface area contributed by atoms with Crippen LogP contribution in [0.25, 0.3) is 43.9 Å². The first-order valence-electron chi connectivity index (χ1n) is 22.4. The van der Waals surface area contributed by atoms with Gasteiger partial charge in [0.2, 0.25) is 0 Å². The average molecular weight is 903 g/mol. The molecule has 0 aliphatic carbocycles. The highest BCUT2D eigenvalue weighted by Crippen LogP contribution is 2.49. The summed E-state index contributed by atoms with van der Waals surface area (Å²) in [5.41, 5.74) is 15.1. The fraction of sp³-hybridized carbons (Fsp3) is 0.436. The van der Waals surface area contributed by atoms with Crippen LogP contribution in [0.4, 0.5) is 0 Å². The summed E-state index contributed by atoms with van der Waals surface area (Å²) < 4.78 is 41.2. The van der Waals surface area contributed by atoms with Crippen LogP contribution < -0.4 is 9.05 Å². The van der Waals surface area contributed by atoms with Gasteiger partial charge >= 0.3 is 22.4 Å². The van der Waals surface area contributed by atoms with Gasteiger partial charge in [0.1, 0.15) is 27.9 Å². The molecule has 9 heteroatoms. The third-order valence-electron chi connectivity index (χ3n) is 13.0. The van der Waals surface area contributed by atoms with Crippen LogP contribution in [0.15, 0.2) is 65.3 Å². The van der Waals surface area contributed by atoms with E-state index in [0.717, 1.165) is 88.3 Å². The molecule has 340 valence electrons. The number of rotatable bonds is 4. The van der Waals surface area contributed by atoms with Crippen LogP contribution in [0.2, 0.25) is 0 Å². The van der Waals surface area contributed by atoms with Crippen molar-refractivity contribution in [1.82, 2.24) is 0 Å². The molecule has 0 amide bonds. The molecule has 0 radical (unpaired) electrons. The van der Waals surface area contributed by atoms with E-state index in [9.17, 15) is 4.79 Å². The van der Waals surface area contributed by atoms with Gasteiger partial charge in [-0.15, -0.1) is 0 Å². The maximum Gasteiger partial charge on any atom is 0.455 e. The Kier molecular flexibility index (Phi) is 12.0. The molecule has 0 saturated carbocycles. The molecule has 7 aromatic rings. The summed E-state index contributed by atoms with van der Waals surface area (Å²) >= 11 is 0. The molecule has 0 unspecified atom stereocenters. The topological polar surface area (TPSA) is 88.1 Å². The number of fused-ring (bicyclic) bond motifs is 6. The molecule has 0 fully saturated rings. The van der Waals surface area contributed by atoms with Crippen molar-refractivity contribution in [2.75, 3.05) is 0 Å². The SMILES string of the molecule is Cc1cc(C(C)(C)C)c2op(OC(=O)c3ccccc3Op3oc4c(C(C)(C)C)cc(C)c(C)c4c4c(C)c(C)cc(C(C)(C)C)c4o3)oc3c(C(C)(C)C)cc(C)c(C)c3c2c1C. The molecule has 0 saturated heterocycles. The van der Waals surface area contributed by atoms with Crippen molar-refractivity contribution in [3.63, 3.8) is 0 Å². The zero-order chi connectivity index (χ0) is 47.3. The minimum Gasteiger partial charge on any atom is -0.390 e. The summed E-state index contributed by atoms with van der Waals surface area (Å²) in [5.74, 6) is -0.386. The number of benzene rings is 5. The Morgan fingerprint density at radius 3 is 1.02 bits per heavy atom. The summed E-state index contributed by atoms with van der Waals surface area (Å²) in [4.78, 5) is 14.8. The van der Waals surface area contributed by atoms with Gasteiger partial charge < -0.3 is 25.8 Å². The zero-order valence-electron chi connectivity index (χ0n) is 41.9. The standard InChI is InChI=1S/C55H68O7P2/c1-29-25-38(52(9,10)11)47-43(33(29)5)44-34(6)30(2)26-39(53(12,13)14)48(44)59-63(58-47)57-42-24-22-21-23-37(42)51(56)62-64-60-49-40(54(15,16)17)27-31(3)35(7)45(49)46-36(8)32(4)28-41(50(46)61-64)55(18,19)20/h21-28H,1-20H3. The third-order valence-corrected chi connectivity index (χ3v) is 15.0. The summed E-state index contributed by atoms with van der Waals surface area (Å²) in [5, 5.41) is 3.98. The van der Waals surface area contributed by atoms with Crippen LogP contribution in [-0.2, 0) is 21.7 Å². The molecule has 0 N–H and O–H groups in total. The van der Waals surface area contributed by atoms with Crippen LogP contribution in [0.5, 0.6) is 5.75 Å². The number of aryl methyl sites for hydroxylation is 8. The highest BCUT2D eigenvalue weighted by atomic mass is 31.1. The van der Waals surface area contributed by atoms with Crippen molar-refractivity contribution in [1.29, 1.82) is 0 Å². The highest BCUT2D eigenvalue weighted by Gasteiger charge is 2.31. The molecule has 64 heavy (non-hydrogen) atoms. The fourth-order valence-corrected chi connectivity index (χ4v) is 10.8. The Morgan fingerprint density at radius 2 is 0.719 bits per heavy atom. The van der Waals surface area contributed by atoms with E-state index in [0.29, 0.717) is 11.2 Å². The minimum absolute atomic E-state index is 0.195. The Labute approximate surface area is 382 Å².